The lowest BCUT2D eigenvalue weighted by Crippen LogP contribution is -2.07. The molecule has 5 heteroatoms. The van der Waals surface area contributed by atoms with Gasteiger partial charge in [-0.25, -0.2) is 4.39 Å². The number of hydrogen-bond acceptors (Lipinski definition) is 1. The summed E-state index contributed by atoms with van der Waals surface area (Å²) in [5.41, 5.74) is 5.43. The van der Waals surface area contributed by atoms with Gasteiger partial charge >= 0.3 is 6.18 Å². The van der Waals surface area contributed by atoms with Crippen LogP contribution in [0, 0.1) is 5.82 Å². The third-order valence-corrected chi connectivity index (χ3v) is 7.22. The van der Waals surface area contributed by atoms with E-state index in [0.717, 1.165) is 43.0 Å². The SMILES string of the molecule is C=C1CC=NC(CCCC(C)c2ccc(C(F)(F)F)cc2F)=C1CC.CC(c1ccccc1)c1ccccc1. The molecule has 0 amide bonds. The number of benzene rings is 3. The van der Waals surface area contributed by atoms with Gasteiger partial charge in [0.2, 0.25) is 0 Å². The highest BCUT2D eigenvalue weighted by Crippen LogP contribution is 2.34. The lowest BCUT2D eigenvalue weighted by atomic mass is 9.91. The van der Waals surface area contributed by atoms with Crippen LogP contribution in [0.4, 0.5) is 17.6 Å². The van der Waals surface area contributed by atoms with Crippen molar-refractivity contribution in [3.63, 3.8) is 0 Å². The first-order valence-electron chi connectivity index (χ1n) is 13.5. The minimum Gasteiger partial charge on any atom is -0.265 e. The van der Waals surface area contributed by atoms with Crippen LogP contribution in [0.1, 0.15) is 87.0 Å². The van der Waals surface area contributed by atoms with Crippen LogP contribution in [0.25, 0.3) is 0 Å². The zero-order chi connectivity index (χ0) is 28.4. The number of hydrogen-bond donors (Lipinski definition) is 0. The average Bonchev–Trinajstić information content (AvgIpc) is 2.93. The van der Waals surface area contributed by atoms with E-state index in [4.69, 9.17) is 0 Å². The fourth-order valence-corrected chi connectivity index (χ4v) is 4.85. The molecular formula is C34H37F4N. The van der Waals surface area contributed by atoms with Crippen LogP contribution in [0.5, 0.6) is 0 Å². The molecule has 0 aliphatic carbocycles. The Hall–Kier alpha value is -3.47. The lowest BCUT2D eigenvalue weighted by molar-refractivity contribution is -0.137. The second-order valence-electron chi connectivity index (χ2n) is 9.97. The van der Waals surface area contributed by atoms with Gasteiger partial charge < -0.3 is 0 Å². The molecule has 0 saturated heterocycles. The van der Waals surface area contributed by atoms with Gasteiger partial charge in [0.25, 0.3) is 0 Å². The molecule has 0 saturated carbocycles. The summed E-state index contributed by atoms with van der Waals surface area (Å²) in [5.74, 6) is -0.457. The maximum absolute atomic E-state index is 14.0. The van der Waals surface area contributed by atoms with Crippen LogP contribution < -0.4 is 0 Å². The zero-order valence-corrected chi connectivity index (χ0v) is 22.9. The van der Waals surface area contributed by atoms with Gasteiger partial charge in [-0.15, -0.1) is 0 Å². The van der Waals surface area contributed by atoms with E-state index in [1.807, 2.05) is 13.1 Å². The summed E-state index contributed by atoms with van der Waals surface area (Å²) < 4.78 is 51.9. The van der Waals surface area contributed by atoms with E-state index in [2.05, 4.69) is 86.1 Å². The third kappa shape index (κ3) is 8.51. The molecule has 1 aliphatic heterocycles. The first kappa shape index (κ1) is 30.1. The van der Waals surface area contributed by atoms with E-state index in [9.17, 15) is 17.6 Å². The Morgan fingerprint density at radius 2 is 1.49 bits per heavy atom. The molecule has 0 spiro atoms. The molecule has 3 aromatic carbocycles. The summed E-state index contributed by atoms with van der Waals surface area (Å²) in [4.78, 5) is 4.45. The zero-order valence-electron chi connectivity index (χ0n) is 22.9. The van der Waals surface area contributed by atoms with Gasteiger partial charge in [0, 0.05) is 24.3 Å². The van der Waals surface area contributed by atoms with E-state index < -0.39 is 17.6 Å². The molecule has 0 fully saturated rings. The first-order chi connectivity index (χ1) is 18.6. The summed E-state index contributed by atoms with van der Waals surface area (Å²) >= 11 is 0. The Kier molecular flexibility index (Phi) is 10.8. The maximum atomic E-state index is 14.0. The highest BCUT2D eigenvalue weighted by molar-refractivity contribution is 5.68. The first-order valence-corrected chi connectivity index (χ1v) is 13.5. The Morgan fingerprint density at radius 1 is 0.897 bits per heavy atom. The van der Waals surface area contributed by atoms with Crippen LogP contribution in [-0.2, 0) is 6.18 Å². The van der Waals surface area contributed by atoms with Crippen LogP contribution >= 0.6 is 0 Å². The summed E-state index contributed by atoms with van der Waals surface area (Å²) in [6.07, 6.45) is 1.25. The lowest BCUT2D eigenvalue weighted by Gasteiger charge is -2.18. The Bertz CT molecular complexity index is 1230. The fourth-order valence-electron chi connectivity index (χ4n) is 4.85. The van der Waals surface area contributed by atoms with Gasteiger partial charge in [-0.2, -0.15) is 13.2 Å². The minimum absolute atomic E-state index is 0.149. The molecule has 1 unspecified atom stereocenters. The third-order valence-electron chi connectivity index (χ3n) is 7.22. The van der Waals surface area contributed by atoms with Gasteiger partial charge in [0.05, 0.1) is 5.56 Å². The van der Waals surface area contributed by atoms with Crippen LogP contribution in [0.15, 0.2) is 107 Å². The molecular weight excluding hydrogens is 498 g/mol. The van der Waals surface area contributed by atoms with Gasteiger partial charge in [-0.3, -0.25) is 4.99 Å². The molecule has 1 atom stereocenters. The van der Waals surface area contributed by atoms with E-state index in [-0.39, 0.29) is 5.92 Å². The number of aliphatic imine (C=N–C) groups is 1. The largest absolute Gasteiger partial charge is 0.416 e. The van der Waals surface area contributed by atoms with E-state index in [1.165, 1.54) is 22.8 Å². The van der Waals surface area contributed by atoms with Crippen molar-refractivity contribution >= 4 is 6.21 Å². The molecule has 0 aromatic heterocycles. The summed E-state index contributed by atoms with van der Waals surface area (Å²) in [6.45, 7) is 10.2. The Labute approximate surface area is 230 Å². The topological polar surface area (TPSA) is 12.4 Å². The fraction of sp³-hybridized carbons (Fsp3) is 0.324. The Morgan fingerprint density at radius 3 is 2.00 bits per heavy atom. The van der Waals surface area contributed by atoms with E-state index in [0.29, 0.717) is 24.0 Å². The normalized spacial score (nSPS) is 14.3. The molecule has 206 valence electrons. The number of alkyl halides is 3. The molecule has 4 rings (SSSR count). The van der Waals surface area contributed by atoms with Crippen LogP contribution in [0.3, 0.4) is 0 Å². The molecule has 0 N–H and O–H groups in total. The Balaban J connectivity index is 0.000000252. The van der Waals surface area contributed by atoms with Gasteiger partial charge in [-0.05, 0) is 71.6 Å². The van der Waals surface area contributed by atoms with E-state index >= 15 is 0 Å². The average molecular weight is 536 g/mol. The smallest absolute Gasteiger partial charge is 0.265 e. The van der Waals surface area contributed by atoms with Crippen molar-refractivity contribution in [3.8, 4) is 0 Å². The molecule has 0 bridgehead atoms. The van der Waals surface area contributed by atoms with Crippen molar-refractivity contribution in [2.45, 2.75) is 70.9 Å². The van der Waals surface area contributed by atoms with Crippen molar-refractivity contribution in [1.29, 1.82) is 0 Å². The standard InChI is InChI=1S/C20H23F4N.C14H14/c1-4-16-14(3)10-11-25-19(16)7-5-6-13(2)17-9-8-15(12-18(17)21)20(22,23)24;1-12(13-8-4-2-5-9-13)14-10-6-3-7-11-14/h8-9,11-13H,3-7,10H2,1-2H3;2-12H,1H3. The molecule has 3 aromatic rings. The highest BCUT2D eigenvalue weighted by Gasteiger charge is 2.31. The predicted molar refractivity (Wildman–Crippen MR) is 154 cm³/mol. The summed E-state index contributed by atoms with van der Waals surface area (Å²) in [7, 11) is 0. The molecule has 1 heterocycles. The monoisotopic (exact) mass is 535 g/mol. The van der Waals surface area contributed by atoms with Crippen molar-refractivity contribution in [3.05, 3.63) is 130 Å². The number of allylic oxidation sites excluding steroid dienone is 3. The molecule has 39 heavy (non-hydrogen) atoms. The van der Waals surface area contributed by atoms with Crippen molar-refractivity contribution < 1.29 is 17.6 Å². The number of rotatable bonds is 8. The molecule has 0 radical (unpaired) electrons. The summed E-state index contributed by atoms with van der Waals surface area (Å²) in [5, 5.41) is 0. The van der Waals surface area contributed by atoms with Gasteiger partial charge in [0.15, 0.2) is 0 Å². The van der Waals surface area contributed by atoms with Crippen molar-refractivity contribution in [2.24, 2.45) is 4.99 Å². The highest BCUT2D eigenvalue weighted by atomic mass is 19.4. The van der Waals surface area contributed by atoms with Gasteiger partial charge in [0.1, 0.15) is 5.82 Å². The number of nitrogens with zero attached hydrogens (tertiary/aromatic N) is 1. The number of halogens is 4. The molecule has 1 nitrogen and oxygen atoms in total. The van der Waals surface area contributed by atoms with E-state index in [1.54, 1.807) is 0 Å². The van der Waals surface area contributed by atoms with Gasteiger partial charge in [-0.1, -0.05) is 94.1 Å². The maximum Gasteiger partial charge on any atom is 0.416 e. The second-order valence-corrected chi connectivity index (χ2v) is 9.97. The summed E-state index contributed by atoms with van der Waals surface area (Å²) in [6, 6.07) is 24.0. The van der Waals surface area contributed by atoms with Crippen molar-refractivity contribution in [2.75, 3.05) is 0 Å². The quantitative estimate of drug-likeness (QED) is 0.254. The second kappa shape index (κ2) is 14.1. The van der Waals surface area contributed by atoms with Crippen LogP contribution in [0.2, 0.25) is 0 Å². The van der Waals surface area contributed by atoms with Crippen molar-refractivity contribution in [1.82, 2.24) is 0 Å². The van der Waals surface area contributed by atoms with Crippen LogP contribution in [-0.4, -0.2) is 6.21 Å². The molecule has 1 aliphatic rings. The predicted octanol–water partition coefficient (Wildman–Crippen LogP) is 10.7. The minimum atomic E-state index is -4.52.